The van der Waals surface area contributed by atoms with Crippen LogP contribution in [-0.2, 0) is 9.59 Å². The largest absolute Gasteiger partial charge is 0.394 e. The van der Waals surface area contributed by atoms with Gasteiger partial charge in [-0.15, -0.1) is 0 Å². The van der Waals surface area contributed by atoms with Gasteiger partial charge in [0, 0.05) is 7.05 Å². The molecule has 0 aromatic rings. The number of carbonyl (C=O) groups is 2. The van der Waals surface area contributed by atoms with Gasteiger partial charge in [0.1, 0.15) is 6.04 Å². The number of likely N-dealkylation sites (N-methyl/N-ethyl adjacent to an activating group) is 1. The van der Waals surface area contributed by atoms with E-state index in [1.807, 2.05) is 0 Å². The van der Waals surface area contributed by atoms with Crippen LogP contribution in [0.25, 0.3) is 0 Å². The predicted molar refractivity (Wildman–Crippen MR) is 54.1 cm³/mol. The molecule has 2 amide bonds. The molecule has 0 aromatic carbocycles. The zero-order chi connectivity index (χ0) is 11.3. The second-order valence-electron chi connectivity index (χ2n) is 3.51. The fraction of sp³-hybridized carbons (Fsp3) is 0.778. The molecule has 0 bridgehead atoms. The number of rotatable bonds is 4. The third kappa shape index (κ3) is 3.17. The Hall–Kier alpha value is -1.14. The molecule has 2 atom stereocenters. The van der Waals surface area contributed by atoms with Gasteiger partial charge in [-0.2, -0.15) is 0 Å². The maximum Gasteiger partial charge on any atom is 0.244 e. The van der Waals surface area contributed by atoms with E-state index in [1.54, 1.807) is 0 Å². The van der Waals surface area contributed by atoms with Crippen LogP contribution in [0.1, 0.15) is 12.8 Å². The Bertz CT molecular complexity index is 239. The first-order valence-corrected chi connectivity index (χ1v) is 5.05. The molecule has 1 saturated heterocycles. The van der Waals surface area contributed by atoms with Crippen LogP contribution in [0, 0.1) is 0 Å². The van der Waals surface area contributed by atoms with Crippen molar-refractivity contribution in [3.63, 3.8) is 0 Å². The zero-order valence-corrected chi connectivity index (χ0v) is 8.75. The topological polar surface area (TPSA) is 90.5 Å². The summed E-state index contributed by atoms with van der Waals surface area (Å²) in [4.78, 5) is 22.8. The van der Waals surface area contributed by atoms with E-state index in [4.69, 9.17) is 5.11 Å². The van der Waals surface area contributed by atoms with Crippen molar-refractivity contribution in [3.05, 3.63) is 0 Å². The molecule has 15 heavy (non-hydrogen) atoms. The molecule has 0 aromatic heterocycles. The van der Waals surface area contributed by atoms with Gasteiger partial charge in [0.15, 0.2) is 0 Å². The fourth-order valence-corrected chi connectivity index (χ4v) is 1.55. The van der Waals surface area contributed by atoms with Crippen LogP contribution in [0.2, 0.25) is 0 Å². The highest BCUT2D eigenvalue weighted by Gasteiger charge is 2.26. The molecule has 0 saturated carbocycles. The molecule has 0 radical (unpaired) electrons. The van der Waals surface area contributed by atoms with Gasteiger partial charge in [-0.1, -0.05) is 0 Å². The van der Waals surface area contributed by atoms with Gasteiger partial charge >= 0.3 is 0 Å². The lowest BCUT2D eigenvalue weighted by molar-refractivity contribution is -0.130. The number of hydrogen-bond acceptors (Lipinski definition) is 4. The Morgan fingerprint density at radius 3 is 2.80 bits per heavy atom. The maximum atomic E-state index is 11.6. The summed E-state index contributed by atoms with van der Waals surface area (Å²) in [5.41, 5.74) is 0. The molecule has 4 N–H and O–H groups in total. The Balaban J connectivity index is 2.43. The Morgan fingerprint density at radius 2 is 2.33 bits per heavy atom. The van der Waals surface area contributed by atoms with Crippen molar-refractivity contribution >= 4 is 11.8 Å². The molecule has 0 spiro atoms. The van der Waals surface area contributed by atoms with Crippen LogP contribution in [0.4, 0.5) is 0 Å². The quantitative estimate of drug-likeness (QED) is 0.435. The van der Waals surface area contributed by atoms with Gasteiger partial charge in [-0.05, 0) is 19.4 Å². The van der Waals surface area contributed by atoms with Crippen LogP contribution in [-0.4, -0.2) is 49.2 Å². The summed E-state index contributed by atoms with van der Waals surface area (Å²) in [7, 11) is 1.46. The summed E-state index contributed by atoms with van der Waals surface area (Å²) >= 11 is 0. The van der Waals surface area contributed by atoms with Crippen molar-refractivity contribution in [2.24, 2.45) is 0 Å². The van der Waals surface area contributed by atoms with E-state index in [-0.39, 0.29) is 17.9 Å². The van der Waals surface area contributed by atoms with Crippen molar-refractivity contribution in [1.82, 2.24) is 16.0 Å². The average molecular weight is 215 g/mol. The minimum atomic E-state index is -0.857. The predicted octanol–water partition coefficient (Wildman–Crippen LogP) is -2.04. The Kier molecular flexibility index (Phi) is 4.51. The fourth-order valence-electron chi connectivity index (χ4n) is 1.55. The standard InChI is InChI=1S/C9H17N3O3/c1-10-8(14)7(5-13)12-9(15)6-3-2-4-11-6/h6-7,11,13H,2-5H2,1H3,(H,10,14)(H,12,15)/t6-,7-/m0/s1. The monoisotopic (exact) mass is 215 g/mol. The maximum absolute atomic E-state index is 11.6. The number of carbonyl (C=O) groups excluding carboxylic acids is 2. The van der Waals surface area contributed by atoms with Crippen molar-refractivity contribution in [1.29, 1.82) is 0 Å². The van der Waals surface area contributed by atoms with E-state index in [9.17, 15) is 9.59 Å². The summed E-state index contributed by atoms with van der Waals surface area (Å²) in [6.07, 6.45) is 1.74. The molecule has 1 aliphatic rings. The van der Waals surface area contributed by atoms with Crippen LogP contribution in [0.15, 0.2) is 0 Å². The van der Waals surface area contributed by atoms with Crippen molar-refractivity contribution < 1.29 is 14.7 Å². The molecular formula is C9H17N3O3. The van der Waals surface area contributed by atoms with Crippen LogP contribution < -0.4 is 16.0 Å². The molecule has 6 nitrogen and oxygen atoms in total. The molecule has 1 fully saturated rings. The van der Waals surface area contributed by atoms with Gasteiger partial charge in [0.2, 0.25) is 11.8 Å². The number of hydrogen-bond donors (Lipinski definition) is 4. The number of aliphatic hydroxyl groups excluding tert-OH is 1. The lowest BCUT2D eigenvalue weighted by Gasteiger charge is -2.17. The molecule has 86 valence electrons. The number of aliphatic hydroxyl groups is 1. The average Bonchev–Trinajstić information content (AvgIpc) is 2.77. The third-order valence-corrected chi connectivity index (χ3v) is 2.44. The molecule has 0 aliphatic carbocycles. The van der Waals surface area contributed by atoms with Gasteiger partial charge in [-0.3, -0.25) is 9.59 Å². The molecule has 1 rings (SSSR count). The van der Waals surface area contributed by atoms with Gasteiger partial charge in [0.05, 0.1) is 12.6 Å². The van der Waals surface area contributed by atoms with Crippen molar-refractivity contribution in [2.75, 3.05) is 20.2 Å². The lowest BCUT2D eigenvalue weighted by Crippen LogP contribution is -2.52. The summed E-state index contributed by atoms with van der Waals surface area (Å²) in [5.74, 6) is -0.612. The van der Waals surface area contributed by atoms with Crippen molar-refractivity contribution in [2.45, 2.75) is 24.9 Å². The van der Waals surface area contributed by atoms with E-state index in [0.29, 0.717) is 0 Å². The second kappa shape index (κ2) is 5.67. The zero-order valence-electron chi connectivity index (χ0n) is 8.75. The second-order valence-corrected chi connectivity index (χ2v) is 3.51. The Morgan fingerprint density at radius 1 is 1.60 bits per heavy atom. The van der Waals surface area contributed by atoms with Crippen LogP contribution >= 0.6 is 0 Å². The highest BCUT2D eigenvalue weighted by molar-refractivity contribution is 5.89. The van der Waals surface area contributed by atoms with E-state index in [1.165, 1.54) is 7.05 Å². The first-order chi connectivity index (χ1) is 7.19. The lowest BCUT2D eigenvalue weighted by atomic mass is 10.2. The summed E-state index contributed by atoms with van der Waals surface area (Å²) in [5, 5.41) is 16.8. The normalized spacial score (nSPS) is 22.1. The molecule has 6 heteroatoms. The number of nitrogens with one attached hydrogen (secondary N) is 3. The minimum absolute atomic E-state index is 0.227. The highest BCUT2D eigenvalue weighted by atomic mass is 16.3. The first kappa shape index (κ1) is 11.9. The van der Waals surface area contributed by atoms with E-state index in [2.05, 4.69) is 16.0 Å². The summed E-state index contributed by atoms with van der Waals surface area (Å²) < 4.78 is 0. The molecule has 1 aliphatic heterocycles. The molecule has 1 heterocycles. The first-order valence-electron chi connectivity index (χ1n) is 5.05. The van der Waals surface area contributed by atoms with E-state index in [0.717, 1.165) is 19.4 Å². The van der Waals surface area contributed by atoms with Crippen molar-refractivity contribution in [3.8, 4) is 0 Å². The molecular weight excluding hydrogens is 198 g/mol. The minimum Gasteiger partial charge on any atom is -0.394 e. The van der Waals surface area contributed by atoms with Gasteiger partial charge in [-0.25, -0.2) is 0 Å². The van der Waals surface area contributed by atoms with Gasteiger partial charge in [0.25, 0.3) is 0 Å². The molecule has 0 unspecified atom stereocenters. The Labute approximate surface area is 88.4 Å². The SMILES string of the molecule is CNC(=O)[C@H](CO)NC(=O)[C@@H]1CCCN1. The van der Waals surface area contributed by atoms with Crippen LogP contribution in [0.5, 0.6) is 0 Å². The van der Waals surface area contributed by atoms with Crippen LogP contribution in [0.3, 0.4) is 0 Å². The van der Waals surface area contributed by atoms with Gasteiger partial charge < -0.3 is 21.1 Å². The van der Waals surface area contributed by atoms with E-state index < -0.39 is 12.6 Å². The summed E-state index contributed by atoms with van der Waals surface area (Å²) in [6, 6.07) is -1.09. The number of amides is 2. The summed E-state index contributed by atoms with van der Waals surface area (Å²) in [6.45, 7) is 0.431. The van der Waals surface area contributed by atoms with E-state index >= 15 is 0 Å². The smallest absolute Gasteiger partial charge is 0.244 e. The third-order valence-electron chi connectivity index (χ3n) is 2.44. The highest BCUT2D eigenvalue weighted by Crippen LogP contribution is 2.04.